The van der Waals surface area contributed by atoms with Crippen molar-refractivity contribution in [2.45, 2.75) is 0 Å². The second-order valence-electron chi connectivity index (χ2n) is 1.64. The molecule has 0 fully saturated rings. The van der Waals surface area contributed by atoms with Gasteiger partial charge in [0.15, 0.2) is 5.43 Å². The van der Waals surface area contributed by atoms with Crippen molar-refractivity contribution < 1.29 is 5.11 Å². The average Bonchev–Trinajstić information content (AvgIpc) is 1.99. The fourth-order valence-corrected chi connectivity index (χ4v) is 0.514. The molecule has 0 spiro atoms. The van der Waals surface area contributed by atoms with E-state index in [9.17, 15) is 9.90 Å². The van der Waals surface area contributed by atoms with Gasteiger partial charge >= 0.3 is 0 Å². The lowest BCUT2D eigenvalue weighted by Gasteiger charge is -1.93. The zero-order valence-corrected chi connectivity index (χ0v) is 4.70. The van der Waals surface area contributed by atoms with E-state index in [-0.39, 0.29) is 0 Å². The predicted molar refractivity (Wildman–Crippen MR) is 32.2 cm³/mol. The molecule has 0 radical (unpaired) electrons. The van der Waals surface area contributed by atoms with Crippen LogP contribution in [0.2, 0.25) is 0 Å². The maximum absolute atomic E-state index is 10.5. The van der Waals surface area contributed by atoms with Gasteiger partial charge in [-0.1, -0.05) is 30.0 Å². The van der Waals surface area contributed by atoms with Crippen LogP contribution in [0.15, 0.2) is 35.1 Å². The van der Waals surface area contributed by atoms with Crippen LogP contribution >= 0.6 is 0 Å². The SMILES string of the molecule is O=c1cccccc1[O-]. The van der Waals surface area contributed by atoms with Crippen LogP contribution in [0.3, 0.4) is 0 Å². The molecule has 0 saturated heterocycles. The molecule has 0 unspecified atom stereocenters. The summed E-state index contributed by atoms with van der Waals surface area (Å²) in [7, 11) is 0. The Hall–Kier alpha value is -1.31. The zero-order chi connectivity index (χ0) is 6.69. The highest BCUT2D eigenvalue weighted by Crippen LogP contribution is 1.89. The molecule has 2 nitrogen and oxygen atoms in total. The monoisotopic (exact) mass is 121 g/mol. The van der Waals surface area contributed by atoms with Gasteiger partial charge in [-0.25, -0.2) is 0 Å². The van der Waals surface area contributed by atoms with Gasteiger partial charge in [-0.2, -0.15) is 0 Å². The minimum absolute atomic E-state index is 0.458. The standard InChI is InChI=1S/C7H6O2/c8-6-4-2-1-3-5-7(6)9/h1-5H,(H,8,9)/p-1. The molecule has 0 aliphatic rings. The van der Waals surface area contributed by atoms with Crippen molar-refractivity contribution in [1.29, 1.82) is 0 Å². The van der Waals surface area contributed by atoms with Crippen molar-refractivity contribution in [3.8, 4) is 5.75 Å². The van der Waals surface area contributed by atoms with Crippen LogP contribution in [0.4, 0.5) is 0 Å². The molecule has 0 saturated carbocycles. The first kappa shape index (κ1) is 5.82. The first-order valence-corrected chi connectivity index (χ1v) is 2.57. The molecule has 0 aromatic heterocycles. The lowest BCUT2D eigenvalue weighted by molar-refractivity contribution is -0.269. The van der Waals surface area contributed by atoms with Gasteiger partial charge in [-0.15, -0.1) is 0 Å². The van der Waals surface area contributed by atoms with Crippen molar-refractivity contribution in [3.63, 3.8) is 0 Å². The van der Waals surface area contributed by atoms with Gasteiger partial charge in [0.25, 0.3) is 0 Å². The molecule has 0 aliphatic carbocycles. The van der Waals surface area contributed by atoms with E-state index in [0.717, 1.165) is 0 Å². The molecule has 1 rings (SSSR count). The maximum atomic E-state index is 10.5. The molecule has 0 amide bonds. The van der Waals surface area contributed by atoms with Crippen molar-refractivity contribution in [1.82, 2.24) is 0 Å². The molecule has 0 aliphatic heterocycles. The number of hydrogen-bond acceptors (Lipinski definition) is 2. The highest BCUT2D eigenvalue weighted by molar-refractivity contribution is 5.16. The van der Waals surface area contributed by atoms with Gasteiger partial charge in [0.05, 0.1) is 0 Å². The van der Waals surface area contributed by atoms with Crippen LogP contribution < -0.4 is 10.5 Å². The molecule has 46 valence electrons. The van der Waals surface area contributed by atoms with Crippen molar-refractivity contribution in [3.05, 3.63) is 40.6 Å². The van der Waals surface area contributed by atoms with Crippen molar-refractivity contribution in [2.75, 3.05) is 0 Å². The van der Waals surface area contributed by atoms with Crippen LogP contribution in [0.25, 0.3) is 0 Å². The van der Waals surface area contributed by atoms with E-state index in [0.29, 0.717) is 0 Å². The van der Waals surface area contributed by atoms with E-state index >= 15 is 0 Å². The smallest absolute Gasteiger partial charge is 0.170 e. The van der Waals surface area contributed by atoms with Gasteiger partial charge in [-0.3, -0.25) is 4.79 Å². The third-order valence-corrected chi connectivity index (χ3v) is 0.960. The molecule has 0 atom stereocenters. The Morgan fingerprint density at radius 1 is 1.11 bits per heavy atom. The lowest BCUT2D eigenvalue weighted by atomic mass is 10.5. The second kappa shape index (κ2) is 2.31. The van der Waals surface area contributed by atoms with E-state index in [1.165, 1.54) is 12.1 Å². The van der Waals surface area contributed by atoms with E-state index in [4.69, 9.17) is 0 Å². The Morgan fingerprint density at radius 2 is 1.78 bits per heavy atom. The number of rotatable bonds is 0. The van der Waals surface area contributed by atoms with Gasteiger partial charge in [-0.05, 0) is 6.07 Å². The Morgan fingerprint density at radius 3 is 2.56 bits per heavy atom. The van der Waals surface area contributed by atoms with E-state index in [1.807, 2.05) is 0 Å². The Labute approximate surface area is 52.4 Å². The van der Waals surface area contributed by atoms with Crippen LogP contribution in [-0.4, -0.2) is 0 Å². The number of hydrogen-bond donors (Lipinski definition) is 0. The van der Waals surface area contributed by atoms with Crippen LogP contribution in [0, 0.1) is 0 Å². The zero-order valence-electron chi connectivity index (χ0n) is 4.70. The van der Waals surface area contributed by atoms with Crippen LogP contribution in [0.5, 0.6) is 5.75 Å². The van der Waals surface area contributed by atoms with Crippen LogP contribution in [0.1, 0.15) is 0 Å². The highest BCUT2D eigenvalue weighted by atomic mass is 16.3. The summed E-state index contributed by atoms with van der Waals surface area (Å²) in [5, 5.41) is 10.5. The molecule has 1 aromatic rings. The normalized spacial score (nSPS) is 8.89. The summed E-state index contributed by atoms with van der Waals surface area (Å²) in [6, 6.07) is 7.24. The lowest BCUT2D eigenvalue weighted by Crippen LogP contribution is -2.03. The Bertz CT molecular complexity index is 255. The third-order valence-electron chi connectivity index (χ3n) is 0.960. The molecular formula is C7H5O2-. The van der Waals surface area contributed by atoms with E-state index in [1.54, 1.807) is 18.2 Å². The van der Waals surface area contributed by atoms with Gasteiger partial charge in [0, 0.05) is 0 Å². The largest absolute Gasteiger partial charge is 0.870 e. The summed E-state index contributed by atoms with van der Waals surface area (Å²) in [4.78, 5) is 10.5. The minimum atomic E-state index is -0.458. The summed E-state index contributed by atoms with van der Waals surface area (Å²) in [6.45, 7) is 0. The second-order valence-corrected chi connectivity index (χ2v) is 1.64. The summed E-state index contributed by atoms with van der Waals surface area (Å²) >= 11 is 0. The first-order valence-electron chi connectivity index (χ1n) is 2.57. The summed E-state index contributed by atoms with van der Waals surface area (Å²) in [5.74, 6) is -0.458. The average molecular weight is 121 g/mol. The molecule has 2 heteroatoms. The minimum Gasteiger partial charge on any atom is -0.870 e. The van der Waals surface area contributed by atoms with Gasteiger partial charge < -0.3 is 5.11 Å². The molecule has 1 aromatic carbocycles. The summed E-state index contributed by atoms with van der Waals surface area (Å²) < 4.78 is 0. The fourth-order valence-electron chi connectivity index (χ4n) is 0.514. The summed E-state index contributed by atoms with van der Waals surface area (Å²) in [6.07, 6.45) is 0. The molecule has 0 N–H and O–H groups in total. The van der Waals surface area contributed by atoms with Gasteiger partial charge in [0.1, 0.15) is 0 Å². The molecule has 9 heavy (non-hydrogen) atoms. The predicted octanol–water partition coefficient (Wildman–Crippen LogP) is 0.120. The Balaban J connectivity index is 3.42. The van der Waals surface area contributed by atoms with Crippen LogP contribution in [-0.2, 0) is 0 Å². The van der Waals surface area contributed by atoms with E-state index in [2.05, 4.69) is 0 Å². The molecule has 0 bridgehead atoms. The Kier molecular flexibility index (Phi) is 1.49. The van der Waals surface area contributed by atoms with Crippen molar-refractivity contribution >= 4 is 0 Å². The van der Waals surface area contributed by atoms with E-state index < -0.39 is 11.2 Å². The molecular weight excluding hydrogens is 116 g/mol. The third kappa shape index (κ3) is 1.29. The first-order chi connectivity index (χ1) is 4.30. The maximum Gasteiger partial charge on any atom is 0.170 e. The highest BCUT2D eigenvalue weighted by Gasteiger charge is 1.76. The topological polar surface area (TPSA) is 40.1 Å². The quantitative estimate of drug-likeness (QED) is 0.489. The fraction of sp³-hybridized carbons (Fsp3) is 0. The van der Waals surface area contributed by atoms with Gasteiger partial charge in [0.2, 0.25) is 0 Å². The molecule has 0 heterocycles. The van der Waals surface area contributed by atoms with Crippen molar-refractivity contribution in [2.24, 2.45) is 0 Å². The summed E-state index contributed by atoms with van der Waals surface area (Å²) in [5.41, 5.74) is -0.458.